The summed E-state index contributed by atoms with van der Waals surface area (Å²) >= 11 is 0. The number of hydrogen-bond donors (Lipinski definition) is 1. The number of aromatic nitrogens is 4. The molecule has 0 bridgehead atoms. The molecular formula is C24H29FN6O3. The first-order valence-corrected chi connectivity index (χ1v) is 11.6. The largest absolute Gasteiger partial charge is 0.381 e. The first kappa shape index (κ1) is 22.7. The van der Waals surface area contributed by atoms with E-state index in [1.54, 1.807) is 0 Å². The van der Waals surface area contributed by atoms with Gasteiger partial charge in [0.1, 0.15) is 23.8 Å². The van der Waals surface area contributed by atoms with Crippen molar-refractivity contribution in [2.45, 2.75) is 64.7 Å². The monoisotopic (exact) mass is 468 g/mol. The highest BCUT2D eigenvalue weighted by atomic mass is 19.1. The number of carbonyl (C=O) groups excluding carboxylic acids is 1. The SMILES string of the molecule is CC(C)(C)c1cc2n(CC(=O)Nc3ccc(F)cn3)c3c(c(=O)n2n1)CN(C1CCOCC1)C3. The molecule has 10 heteroatoms. The number of halogens is 1. The van der Waals surface area contributed by atoms with E-state index in [4.69, 9.17) is 4.74 Å². The summed E-state index contributed by atoms with van der Waals surface area (Å²) in [4.78, 5) is 32.6. The summed E-state index contributed by atoms with van der Waals surface area (Å²) in [6.07, 6.45) is 2.90. The van der Waals surface area contributed by atoms with Crippen molar-refractivity contribution in [1.29, 1.82) is 0 Å². The maximum atomic E-state index is 13.4. The second kappa shape index (κ2) is 8.59. The number of amides is 1. The van der Waals surface area contributed by atoms with Crippen molar-refractivity contribution in [3.63, 3.8) is 0 Å². The molecule has 3 aromatic rings. The fourth-order valence-corrected chi connectivity index (χ4v) is 4.68. The highest BCUT2D eigenvalue weighted by molar-refractivity contribution is 5.90. The number of nitrogens with one attached hydrogen (secondary N) is 1. The number of ether oxygens (including phenoxy) is 1. The molecule has 1 saturated heterocycles. The predicted molar refractivity (Wildman–Crippen MR) is 124 cm³/mol. The van der Waals surface area contributed by atoms with Crippen molar-refractivity contribution >= 4 is 17.4 Å². The summed E-state index contributed by atoms with van der Waals surface area (Å²) < 4.78 is 22.0. The van der Waals surface area contributed by atoms with Crippen LogP contribution >= 0.6 is 0 Å². The number of rotatable bonds is 4. The quantitative estimate of drug-likeness (QED) is 0.632. The molecule has 0 saturated carbocycles. The first-order chi connectivity index (χ1) is 16.2. The van der Waals surface area contributed by atoms with Crippen LogP contribution in [0.1, 0.15) is 50.6 Å². The van der Waals surface area contributed by atoms with Gasteiger partial charge in [-0.3, -0.25) is 14.5 Å². The number of nitrogens with zero attached hydrogens (tertiary/aromatic N) is 5. The summed E-state index contributed by atoms with van der Waals surface area (Å²) in [5.41, 5.74) is 2.50. The molecule has 2 aliphatic rings. The molecule has 0 atom stereocenters. The Labute approximate surface area is 196 Å². The molecular weight excluding hydrogens is 439 g/mol. The lowest BCUT2D eigenvalue weighted by Gasteiger charge is -2.30. The van der Waals surface area contributed by atoms with E-state index in [2.05, 4.69) is 20.3 Å². The summed E-state index contributed by atoms with van der Waals surface area (Å²) in [6.45, 7) is 8.65. The molecule has 5 rings (SSSR count). The standard InChI is InChI=1S/C24H29FN6O3/c1-24(2,3)19-10-22-30(14-21(32)27-20-5-4-15(25)11-26-20)18-13-29(16-6-8-34-9-7-16)12-17(18)23(33)31(22)28-19/h4-5,10-11,16H,6-9,12-14H2,1-3H3,(H,26,27,32). The topological polar surface area (TPSA) is 93.8 Å². The van der Waals surface area contributed by atoms with Gasteiger partial charge in [-0.1, -0.05) is 20.8 Å². The molecule has 9 nitrogen and oxygen atoms in total. The Morgan fingerprint density at radius 3 is 2.68 bits per heavy atom. The molecule has 34 heavy (non-hydrogen) atoms. The fraction of sp³-hybridized carbons (Fsp3) is 0.500. The van der Waals surface area contributed by atoms with Gasteiger partial charge in [0.25, 0.3) is 5.56 Å². The normalized spacial score (nSPS) is 17.3. The Hall–Kier alpha value is -3.11. The Balaban J connectivity index is 1.54. The molecule has 2 aliphatic heterocycles. The second-order valence-electron chi connectivity index (χ2n) is 10.0. The average Bonchev–Trinajstić information content (AvgIpc) is 3.45. The lowest BCUT2D eigenvalue weighted by molar-refractivity contribution is -0.116. The van der Waals surface area contributed by atoms with Gasteiger partial charge in [0.2, 0.25) is 5.91 Å². The first-order valence-electron chi connectivity index (χ1n) is 11.6. The van der Waals surface area contributed by atoms with Crippen molar-refractivity contribution in [1.82, 2.24) is 24.1 Å². The maximum absolute atomic E-state index is 13.4. The van der Waals surface area contributed by atoms with Crippen molar-refractivity contribution in [2.75, 3.05) is 18.5 Å². The van der Waals surface area contributed by atoms with Gasteiger partial charge in [-0.2, -0.15) is 9.61 Å². The van der Waals surface area contributed by atoms with Crippen molar-refractivity contribution in [3.05, 3.63) is 57.5 Å². The van der Waals surface area contributed by atoms with Gasteiger partial charge in [-0.05, 0) is 25.0 Å². The van der Waals surface area contributed by atoms with E-state index in [-0.39, 0.29) is 29.2 Å². The number of hydrogen-bond acceptors (Lipinski definition) is 6. The fourth-order valence-electron chi connectivity index (χ4n) is 4.68. The lowest BCUT2D eigenvalue weighted by Crippen LogP contribution is -2.36. The van der Waals surface area contributed by atoms with Gasteiger partial charge >= 0.3 is 0 Å². The van der Waals surface area contributed by atoms with Crippen molar-refractivity contribution < 1.29 is 13.9 Å². The Kier molecular flexibility index (Phi) is 5.73. The van der Waals surface area contributed by atoms with Crippen LogP contribution in [0.2, 0.25) is 0 Å². The Morgan fingerprint density at radius 2 is 2.00 bits per heavy atom. The zero-order valence-electron chi connectivity index (χ0n) is 19.7. The predicted octanol–water partition coefficient (Wildman–Crippen LogP) is 2.46. The number of fused-ring (bicyclic) bond motifs is 2. The van der Waals surface area contributed by atoms with Crippen LogP contribution in [0.5, 0.6) is 0 Å². The summed E-state index contributed by atoms with van der Waals surface area (Å²) in [5, 5.41) is 7.34. The molecule has 1 N–H and O–H groups in total. The molecule has 0 spiro atoms. The molecule has 0 unspecified atom stereocenters. The van der Waals surface area contributed by atoms with E-state index < -0.39 is 5.82 Å². The number of pyridine rings is 1. The Bertz CT molecular complexity index is 1290. The van der Waals surface area contributed by atoms with Gasteiger partial charge in [0.15, 0.2) is 0 Å². The minimum atomic E-state index is -0.472. The lowest BCUT2D eigenvalue weighted by atomic mass is 9.93. The summed E-state index contributed by atoms with van der Waals surface area (Å²) in [7, 11) is 0. The highest BCUT2D eigenvalue weighted by Gasteiger charge is 2.33. The molecule has 5 heterocycles. The van der Waals surface area contributed by atoms with Crippen LogP contribution < -0.4 is 10.9 Å². The zero-order chi connectivity index (χ0) is 24.0. The van der Waals surface area contributed by atoms with Gasteiger partial charge in [-0.25, -0.2) is 9.37 Å². The van der Waals surface area contributed by atoms with E-state index in [9.17, 15) is 14.0 Å². The molecule has 1 amide bonds. The van der Waals surface area contributed by atoms with Gasteiger partial charge < -0.3 is 14.6 Å². The zero-order valence-corrected chi connectivity index (χ0v) is 19.7. The van der Waals surface area contributed by atoms with E-state index >= 15 is 0 Å². The minimum absolute atomic E-state index is 0.0118. The number of carbonyl (C=O) groups is 1. The van der Waals surface area contributed by atoms with E-state index in [0.29, 0.717) is 43.6 Å². The second-order valence-corrected chi connectivity index (χ2v) is 10.0. The average molecular weight is 469 g/mol. The molecule has 1 fully saturated rings. The summed E-state index contributed by atoms with van der Waals surface area (Å²) in [6, 6.07) is 4.89. The Morgan fingerprint density at radius 1 is 1.24 bits per heavy atom. The van der Waals surface area contributed by atoms with Crippen LogP contribution in [0.25, 0.3) is 5.65 Å². The van der Waals surface area contributed by atoms with Crippen LogP contribution in [0.3, 0.4) is 0 Å². The van der Waals surface area contributed by atoms with Gasteiger partial charge in [0, 0.05) is 49.5 Å². The third kappa shape index (κ3) is 4.23. The highest BCUT2D eigenvalue weighted by Crippen LogP contribution is 2.29. The molecule has 0 radical (unpaired) electrons. The minimum Gasteiger partial charge on any atom is -0.381 e. The van der Waals surface area contributed by atoms with Crippen LogP contribution in [-0.2, 0) is 34.6 Å². The van der Waals surface area contributed by atoms with Crippen molar-refractivity contribution in [2.24, 2.45) is 0 Å². The molecule has 0 aromatic carbocycles. The summed E-state index contributed by atoms with van der Waals surface area (Å²) in [5.74, 6) is -0.511. The van der Waals surface area contributed by atoms with Gasteiger partial charge in [0.05, 0.1) is 17.5 Å². The third-order valence-electron chi connectivity index (χ3n) is 6.58. The molecule has 180 valence electrons. The van der Waals surface area contributed by atoms with E-state index in [1.807, 2.05) is 31.4 Å². The van der Waals surface area contributed by atoms with Crippen LogP contribution in [0.4, 0.5) is 10.2 Å². The smallest absolute Gasteiger partial charge is 0.279 e. The van der Waals surface area contributed by atoms with Gasteiger partial charge in [-0.15, -0.1) is 0 Å². The number of anilines is 1. The van der Waals surface area contributed by atoms with Crippen LogP contribution in [0, 0.1) is 5.82 Å². The van der Waals surface area contributed by atoms with Crippen LogP contribution in [0.15, 0.2) is 29.2 Å². The van der Waals surface area contributed by atoms with Crippen molar-refractivity contribution in [3.8, 4) is 0 Å². The molecule has 0 aliphatic carbocycles. The maximum Gasteiger partial charge on any atom is 0.279 e. The third-order valence-corrected chi connectivity index (χ3v) is 6.58. The van der Waals surface area contributed by atoms with Crippen LogP contribution in [-0.4, -0.2) is 49.2 Å². The van der Waals surface area contributed by atoms with E-state index in [0.717, 1.165) is 30.4 Å². The van der Waals surface area contributed by atoms with E-state index in [1.165, 1.54) is 16.6 Å². The molecule has 3 aromatic heterocycles.